The van der Waals surface area contributed by atoms with E-state index in [4.69, 9.17) is 14.2 Å². The predicted octanol–water partition coefficient (Wildman–Crippen LogP) is 4.90. The standard InChI is InChI=1S/C18H20F3NO3/c1-11(12-6-5-7-13(8-12)18(19,20)21)22-14-9-16(24-3)17(25-4)10-15(14)23-2/h5-11,22H,1-4H3. The summed E-state index contributed by atoms with van der Waals surface area (Å²) >= 11 is 0. The van der Waals surface area contributed by atoms with Gasteiger partial charge in [-0.2, -0.15) is 13.2 Å². The molecule has 0 fully saturated rings. The molecule has 0 bridgehead atoms. The maximum atomic E-state index is 12.9. The van der Waals surface area contributed by atoms with Crippen LogP contribution in [0.25, 0.3) is 0 Å². The Balaban J connectivity index is 2.33. The Labute approximate surface area is 144 Å². The topological polar surface area (TPSA) is 39.7 Å². The van der Waals surface area contributed by atoms with Gasteiger partial charge in [0.05, 0.1) is 32.6 Å². The molecule has 0 heterocycles. The molecule has 0 amide bonds. The van der Waals surface area contributed by atoms with Crippen LogP contribution in [-0.2, 0) is 6.18 Å². The molecule has 2 aromatic rings. The summed E-state index contributed by atoms with van der Waals surface area (Å²) in [4.78, 5) is 0. The Morgan fingerprint density at radius 3 is 2.04 bits per heavy atom. The van der Waals surface area contributed by atoms with Crippen molar-refractivity contribution >= 4 is 5.69 Å². The van der Waals surface area contributed by atoms with Crippen molar-refractivity contribution in [1.82, 2.24) is 0 Å². The Morgan fingerprint density at radius 2 is 1.48 bits per heavy atom. The van der Waals surface area contributed by atoms with Crippen LogP contribution in [0.2, 0.25) is 0 Å². The number of hydrogen-bond donors (Lipinski definition) is 1. The van der Waals surface area contributed by atoms with E-state index in [2.05, 4.69) is 5.32 Å². The fourth-order valence-electron chi connectivity index (χ4n) is 2.44. The maximum absolute atomic E-state index is 12.9. The van der Waals surface area contributed by atoms with Gasteiger partial charge in [-0.05, 0) is 24.6 Å². The van der Waals surface area contributed by atoms with Gasteiger partial charge < -0.3 is 19.5 Å². The third-order valence-corrected chi connectivity index (χ3v) is 3.79. The molecule has 1 N–H and O–H groups in total. The highest BCUT2D eigenvalue weighted by atomic mass is 19.4. The first-order valence-corrected chi connectivity index (χ1v) is 7.53. The van der Waals surface area contributed by atoms with Crippen molar-refractivity contribution in [2.45, 2.75) is 19.1 Å². The normalized spacial score (nSPS) is 12.4. The number of nitrogens with one attached hydrogen (secondary N) is 1. The molecule has 0 aliphatic rings. The van der Waals surface area contributed by atoms with E-state index in [1.807, 2.05) is 0 Å². The Bertz CT molecular complexity index is 732. The van der Waals surface area contributed by atoms with Crippen LogP contribution in [0.1, 0.15) is 24.1 Å². The lowest BCUT2D eigenvalue weighted by molar-refractivity contribution is -0.137. The third kappa shape index (κ3) is 4.29. The summed E-state index contributed by atoms with van der Waals surface area (Å²) in [6.45, 7) is 1.77. The summed E-state index contributed by atoms with van der Waals surface area (Å²) in [5.74, 6) is 1.48. The molecule has 0 spiro atoms. The van der Waals surface area contributed by atoms with Gasteiger partial charge in [0.1, 0.15) is 5.75 Å². The van der Waals surface area contributed by atoms with E-state index in [0.717, 1.165) is 12.1 Å². The number of rotatable bonds is 6. The summed E-state index contributed by atoms with van der Waals surface area (Å²) in [6.07, 6.45) is -4.38. The van der Waals surface area contributed by atoms with Crippen molar-refractivity contribution in [3.63, 3.8) is 0 Å². The lowest BCUT2D eigenvalue weighted by atomic mass is 10.0. The number of hydrogen-bond acceptors (Lipinski definition) is 4. The highest BCUT2D eigenvalue weighted by Gasteiger charge is 2.30. The molecular formula is C18H20F3NO3. The molecule has 1 atom stereocenters. The fraction of sp³-hybridized carbons (Fsp3) is 0.333. The van der Waals surface area contributed by atoms with Gasteiger partial charge in [0, 0.05) is 18.2 Å². The minimum absolute atomic E-state index is 0.380. The predicted molar refractivity (Wildman–Crippen MR) is 89.6 cm³/mol. The van der Waals surface area contributed by atoms with Crippen molar-refractivity contribution in [1.29, 1.82) is 0 Å². The molecule has 2 aromatic carbocycles. The molecule has 0 aliphatic carbocycles. The number of anilines is 1. The average Bonchev–Trinajstić information content (AvgIpc) is 2.60. The molecule has 25 heavy (non-hydrogen) atoms. The van der Waals surface area contributed by atoms with Gasteiger partial charge >= 0.3 is 6.18 Å². The molecule has 0 radical (unpaired) electrons. The largest absolute Gasteiger partial charge is 0.494 e. The van der Waals surface area contributed by atoms with Gasteiger partial charge in [-0.1, -0.05) is 12.1 Å². The fourth-order valence-corrected chi connectivity index (χ4v) is 2.44. The molecule has 1 unspecified atom stereocenters. The third-order valence-electron chi connectivity index (χ3n) is 3.79. The number of halogens is 3. The molecule has 0 aliphatic heterocycles. The zero-order valence-corrected chi connectivity index (χ0v) is 14.4. The van der Waals surface area contributed by atoms with Crippen molar-refractivity contribution in [2.24, 2.45) is 0 Å². The lowest BCUT2D eigenvalue weighted by Gasteiger charge is -2.20. The van der Waals surface area contributed by atoms with Crippen LogP contribution in [0.3, 0.4) is 0 Å². The second-order valence-corrected chi connectivity index (χ2v) is 5.40. The first-order chi connectivity index (χ1) is 11.8. The zero-order chi connectivity index (χ0) is 18.6. The van der Waals surface area contributed by atoms with Gasteiger partial charge in [0.2, 0.25) is 0 Å². The molecule has 7 heteroatoms. The number of alkyl halides is 3. The summed E-state index contributed by atoms with van der Waals surface area (Å²) in [5, 5.41) is 3.15. The number of methoxy groups -OCH3 is 3. The zero-order valence-electron chi connectivity index (χ0n) is 14.4. The van der Waals surface area contributed by atoms with E-state index in [-0.39, 0.29) is 6.04 Å². The molecular weight excluding hydrogens is 335 g/mol. The highest BCUT2D eigenvalue weighted by molar-refractivity contribution is 5.65. The highest BCUT2D eigenvalue weighted by Crippen LogP contribution is 2.39. The molecule has 2 rings (SSSR count). The van der Waals surface area contributed by atoms with E-state index in [1.54, 1.807) is 25.1 Å². The molecule has 136 valence electrons. The number of ether oxygens (including phenoxy) is 3. The molecule has 0 aromatic heterocycles. The monoisotopic (exact) mass is 355 g/mol. The van der Waals surface area contributed by atoms with Crippen LogP contribution in [-0.4, -0.2) is 21.3 Å². The van der Waals surface area contributed by atoms with Gasteiger partial charge in [-0.25, -0.2) is 0 Å². The Kier molecular flexibility index (Phi) is 5.66. The quantitative estimate of drug-likeness (QED) is 0.800. The van der Waals surface area contributed by atoms with Crippen molar-refractivity contribution in [2.75, 3.05) is 26.6 Å². The average molecular weight is 355 g/mol. The van der Waals surface area contributed by atoms with E-state index in [9.17, 15) is 13.2 Å². The van der Waals surface area contributed by atoms with Gasteiger partial charge in [0.25, 0.3) is 0 Å². The van der Waals surface area contributed by atoms with Gasteiger partial charge in [0.15, 0.2) is 11.5 Å². The van der Waals surface area contributed by atoms with Crippen LogP contribution >= 0.6 is 0 Å². The molecule has 0 saturated heterocycles. The summed E-state index contributed by atoms with van der Waals surface area (Å²) in [7, 11) is 4.52. The minimum atomic E-state index is -4.38. The first kappa shape index (κ1) is 18.8. The Morgan fingerprint density at radius 1 is 0.880 bits per heavy atom. The van der Waals surface area contributed by atoms with E-state index >= 15 is 0 Å². The van der Waals surface area contributed by atoms with Gasteiger partial charge in [-0.15, -0.1) is 0 Å². The summed E-state index contributed by atoms with van der Waals surface area (Å²) in [5.41, 5.74) is 0.412. The second-order valence-electron chi connectivity index (χ2n) is 5.40. The number of benzene rings is 2. The summed E-state index contributed by atoms with van der Waals surface area (Å²) in [6, 6.07) is 8.16. The van der Waals surface area contributed by atoms with Crippen molar-refractivity contribution in [3.8, 4) is 17.2 Å². The van der Waals surface area contributed by atoms with Crippen LogP contribution in [0.4, 0.5) is 18.9 Å². The van der Waals surface area contributed by atoms with E-state index in [0.29, 0.717) is 28.5 Å². The molecule has 4 nitrogen and oxygen atoms in total. The van der Waals surface area contributed by atoms with Crippen LogP contribution in [0.5, 0.6) is 17.2 Å². The van der Waals surface area contributed by atoms with E-state index < -0.39 is 11.7 Å². The van der Waals surface area contributed by atoms with E-state index in [1.165, 1.54) is 27.4 Å². The van der Waals surface area contributed by atoms with Crippen LogP contribution in [0, 0.1) is 0 Å². The summed E-state index contributed by atoms with van der Waals surface area (Å²) < 4.78 is 54.5. The van der Waals surface area contributed by atoms with Gasteiger partial charge in [-0.3, -0.25) is 0 Å². The maximum Gasteiger partial charge on any atom is 0.416 e. The van der Waals surface area contributed by atoms with Crippen molar-refractivity contribution < 1.29 is 27.4 Å². The SMILES string of the molecule is COc1cc(OC)c(OC)cc1NC(C)c1cccc(C(F)(F)F)c1. The van der Waals surface area contributed by atoms with Crippen LogP contribution in [0.15, 0.2) is 36.4 Å². The second kappa shape index (κ2) is 7.55. The van der Waals surface area contributed by atoms with Crippen LogP contribution < -0.4 is 19.5 Å². The first-order valence-electron chi connectivity index (χ1n) is 7.53. The lowest BCUT2D eigenvalue weighted by Crippen LogP contribution is -2.11. The molecule has 0 saturated carbocycles. The smallest absolute Gasteiger partial charge is 0.416 e. The van der Waals surface area contributed by atoms with Crippen molar-refractivity contribution in [3.05, 3.63) is 47.5 Å². The minimum Gasteiger partial charge on any atom is -0.494 e. The Hall–Kier alpha value is -2.57.